The van der Waals surface area contributed by atoms with Crippen molar-refractivity contribution in [2.75, 3.05) is 13.1 Å². The van der Waals surface area contributed by atoms with Gasteiger partial charge in [-0.3, -0.25) is 14.5 Å². The number of nitrogens with zero attached hydrogens (tertiary/aromatic N) is 1. The fourth-order valence-electron chi connectivity index (χ4n) is 2.90. The number of benzene rings is 1. The first kappa shape index (κ1) is 18.1. The van der Waals surface area contributed by atoms with E-state index in [0.717, 1.165) is 16.9 Å². The third-order valence-electron chi connectivity index (χ3n) is 4.48. The molecule has 1 aliphatic rings. The highest BCUT2D eigenvalue weighted by Crippen LogP contribution is 2.28. The van der Waals surface area contributed by atoms with Crippen LogP contribution in [-0.2, 0) is 21.5 Å². The van der Waals surface area contributed by atoms with Gasteiger partial charge < -0.3 is 10.6 Å². The van der Waals surface area contributed by atoms with Gasteiger partial charge in [0.25, 0.3) is 5.91 Å². The van der Waals surface area contributed by atoms with Crippen LogP contribution in [0.25, 0.3) is 0 Å². The quantitative estimate of drug-likeness (QED) is 0.764. The predicted octanol–water partition coefficient (Wildman–Crippen LogP) is 2.18. The number of thiophene rings is 1. The molecule has 136 valence electrons. The number of nitrogens with one attached hydrogen (secondary N) is 2. The molecule has 1 saturated heterocycles. The molecule has 0 spiro atoms. The molecule has 1 fully saturated rings. The Hall–Kier alpha value is -2.67. The molecule has 1 aromatic carbocycles. The first-order valence-corrected chi connectivity index (χ1v) is 9.28. The van der Waals surface area contributed by atoms with Gasteiger partial charge in [-0.15, -0.1) is 11.3 Å². The summed E-state index contributed by atoms with van der Waals surface area (Å²) in [4.78, 5) is 39.3. The number of carbonyl (C=O) groups excluding carboxylic acids is 3. The maximum absolute atomic E-state index is 12.8. The molecule has 26 heavy (non-hydrogen) atoms. The lowest BCUT2D eigenvalue weighted by atomic mass is 9.91. The summed E-state index contributed by atoms with van der Waals surface area (Å²) < 4.78 is 0. The van der Waals surface area contributed by atoms with Gasteiger partial charge in [0, 0.05) is 11.4 Å². The molecular formula is C19H21N3O3S. The van der Waals surface area contributed by atoms with Crippen molar-refractivity contribution in [3.05, 3.63) is 57.8 Å². The fraction of sp³-hybridized carbons (Fsp3) is 0.316. The Kier molecular flexibility index (Phi) is 5.08. The van der Waals surface area contributed by atoms with Crippen molar-refractivity contribution in [3.63, 3.8) is 0 Å². The fourth-order valence-corrected chi connectivity index (χ4v) is 3.61. The molecule has 1 aliphatic heterocycles. The van der Waals surface area contributed by atoms with Gasteiger partial charge in [-0.05, 0) is 37.3 Å². The number of imide groups is 1. The molecule has 1 atom stereocenters. The number of rotatable bonds is 6. The number of amides is 4. The molecule has 6 nitrogen and oxygen atoms in total. The summed E-state index contributed by atoms with van der Waals surface area (Å²) in [5, 5.41) is 7.45. The average Bonchev–Trinajstić information content (AvgIpc) is 3.19. The molecule has 0 aliphatic carbocycles. The summed E-state index contributed by atoms with van der Waals surface area (Å²) >= 11 is 1.63. The molecule has 2 aromatic rings. The zero-order valence-corrected chi connectivity index (χ0v) is 15.6. The predicted molar refractivity (Wildman–Crippen MR) is 99.8 cm³/mol. The normalized spacial score (nSPS) is 19.5. The minimum absolute atomic E-state index is 0.281. The zero-order chi connectivity index (χ0) is 18.7. The number of urea groups is 1. The third kappa shape index (κ3) is 3.62. The second kappa shape index (κ2) is 7.29. The molecule has 0 unspecified atom stereocenters. The summed E-state index contributed by atoms with van der Waals surface area (Å²) in [7, 11) is 0. The highest BCUT2D eigenvalue weighted by molar-refractivity contribution is 7.09. The molecule has 2 heterocycles. The second-order valence-electron chi connectivity index (χ2n) is 6.49. The van der Waals surface area contributed by atoms with Crippen molar-refractivity contribution >= 4 is 29.2 Å². The van der Waals surface area contributed by atoms with Crippen molar-refractivity contribution in [3.8, 4) is 0 Å². The third-order valence-corrected chi connectivity index (χ3v) is 5.42. The van der Waals surface area contributed by atoms with Gasteiger partial charge in [-0.2, -0.15) is 0 Å². The molecule has 4 amide bonds. The number of hydrogen-bond donors (Lipinski definition) is 2. The molecule has 7 heteroatoms. The second-order valence-corrected chi connectivity index (χ2v) is 7.52. The molecule has 3 rings (SSSR count). The van der Waals surface area contributed by atoms with E-state index in [1.54, 1.807) is 18.3 Å². The average molecular weight is 371 g/mol. The Morgan fingerprint density at radius 1 is 1.23 bits per heavy atom. The van der Waals surface area contributed by atoms with E-state index in [1.807, 2.05) is 48.7 Å². The first-order chi connectivity index (χ1) is 12.4. The molecule has 0 radical (unpaired) electrons. The Morgan fingerprint density at radius 3 is 2.62 bits per heavy atom. The smallest absolute Gasteiger partial charge is 0.325 e. The van der Waals surface area contributed by atoms with Gasteiger partial charge in [0.2, 0.25) is 5.91 Å². The van der Waals surface area contributed by atoms with Crippen LogP contribution in [0.4, 0.5) is 4.79 Å². The monoisotopic (exact) mass is 371 g/mol. The maximum atomic E-state index is 12.8. The van der Waals surface area contributed by atoms with Gasteiger partial charge >= 0.3 is 6.03 Å². The molecule has 2 N–H and O–H groups in total. The van der Waals surface area contributed by atoms with E-state index in [0.29, 0.717) is 12.1 Å². The van der Waals surface area contributed by atoms with Crippen LogP contribution >= 0.6 is 11.3 Å². The van der Waals surface area contributed by atoms with Gasteiger partial charge in [0.05, 0.1) is 0 Å². The van der Waals surface area contributed by atoms with Crippen molar-refractivity contribution in [1.29, 1.82) is 0 Å². The van der Waals surface area contributed by atoms with Crippen LogP contribution in [0.5, 0.6) is 0 Å². The molecule has 0 bridgehead atoms. The van der Waals surface area contributed by atoms with E-state index >= 15 is 0 Å². The Balaban J connectivity index is 1.61. The van der Waals surface area contributed by atoms with E-state index in [-0.39, 0.29) is 12.5 Å². The summed E-state index contributed by atoms with van der Waals surface area (Å²) in [5.74, 6) is -0.766. The molecular weight excluding hydrogens is 350 g/mol. The number of carbonyl (C=O) groups is 3. The van der Waals surface area contributed by atoms with Crippen LogP contribution in [0.3, 0.4) is 0 Å². The summed E-state index contributed by atoms with van der Waals surface area (Å²) in [6.07, 6.45) is 0.727. The SMILES string of the molecule is Cc1ccc([C@@]2(C)NC(=O)N(CC(=O)NCCc3cccs3)C2=O)cc1. The highest BCUT2D eigenvalue weighted by atomic mass is 32.1. The minimum Gasteiger partial charge on any atom is -0.354 e. The van der Waals surface area contributed by atoms with E-state index in [1.165, 1.54) is 4.88 Å². The Morgan fingerprint density at radius 2 is 1.96 bits per heavy atom. The van der Waals surface area contributed by atoms with Crippen LogP contribution in [0, 0.1) is 6.92 Å². The Bertz CT molecular complexity index is 817. The van der Waals surface area contributed by atoms with Gasteiger partial charge in [-0.1, -0.05) is 35.9 Å². The summed E-state index contributed by atoms with van der Waals surface area (Å²) in [5.41, 5.74) is 0.611. The lowest BCUT2D eigenvalue weighted by Crippen LogP contribution is -2.43. The van der Waals surface area contributed by atoms with E-state index in [9.17, 15) is 14.4 Å². The molecule has 1 aromatic heterocycles. The topological polar surface area (TPSA) is 78.5 Å². The van der Waals surface area contributed by atoms with Crippen LogP contribution in [0.15, 0.2) is 41.8 Å². The van der Waals surface area contributed by atoms with Gasteiger partial charge in [0.15, 0.2) is 0 Å². The van der Waals surface area contributed by atoms with Crippen molar-refractivity contribution < 1.29 is 14.4 Å². The maximum Gasteiger partial charge on any atom is 0.325 e. The Labute approximate surface area is 156 Å². The summed E-state index contributed by atoms with van der Waals surface area (Å²) in [6, 6.07) is 10.8. The van der Waals surface area contributed by atoms with Crippen molar-refractivity contribution in [2.45, 2.75) is 25.8 Å². The van der Waals surface area contributed by atoms with Gasteiger partial charge in [-0.25, -0.2) is 4.79 Å². The van der Waals surface area contributed by atoms with Crippen LogP contribution in [0.2, 0.25) is 0 Å². The van der Waals surface area contributed by atoms with Gasteiger partial charge in [0.1, 0.15) is 12.1 Å². The van der Waals surface area contributed by atoms with Crippen molar-refractivity contribution in [2.24, 2.45) is 0 Å². The van der Waals surface area contributed by atoms with Crippen LogP contribution in [0.1, 0.15) is 22.9 Å². The largest absolute Gasteiger partial charge is 0.354 e. The molecule has 0 saturated carbocycles. The first-order valence-electron chi connectivity index (χ1n) is 8.40. The lowest BCUT2D eigenvalue weighted by Gasteiger charge is -2.22. The zero-order valence-electron chi connectivity index (χ0n) is 14.7. The summed E-state index contributed by atoms with van der Waals surface area (Å²) in [6.45, 7) is 3.80. The standard InChI is InChI=1S/C19H21N3O3S/c1-13-5-7-14(8-6-13)19(2)17(24)22(18(25)21-19)12-16(23)20-10-9-15-4-3-11-26-15/h3-8,11H,9-10,12H2,1-2H3,(H,20,23)(H,21,25)/t19-/m1/s1. The van der Waals surface area contributed by atoms with Crippen LogP contribution in [-0.4, -0.2) is 35.8 Å². The lowest BCUT2D eigenvalue weighted by molar-refractivity contribution is -0.134. The van der Waals surface area contributed by atoms with E-state index in [2.05, 4.69) is 10.6 Å². The minimum atomic E-state index is -1.15. The van der Waals surface area contributed by atoms with Crippen LogP contribution < -0.4 is 10.6 Å². The van der Waals surface area contributed by atoms with E-state index < -0.39 is 17.5 Å². The number of hydrogen-bond acceptors (Lipinski definition) is 4. The highest BCUT2D eigenvalue weighted by Gasteiger charge is 2.49. The van der Waals surface area contributed by atoms with E-state index in [4.69, 9.17) is 0 Å². The number of aryl methyl sites for hydroxylation is 1. The van der Waals surface area contributed by atoms with Crippen molar-refractivity contribution in [1.82, 2.24) is 15.5 Å².